The normalized spacial score (nSPS) is 12.1. The first-order valence-electron chi connectivity index (χ1n) is 9.72. The number of hydrogen-bond acceptors (Lipinski definition) is 5. The largest absolute Gasteiger partial charge is 0.435 e. The van der Waals surface area contributed by atoms with Crippen molar-refractivity contribution in [2.24, 2.45) is 0 Å². The molecule has 1 atom stereocenters. The van der Waals surface area contributed by atoms with Gasteiger partial charge in [-0.05, 0) is 71.3 Å². The second kappa shape index (κ2) is 8.91. The summed E-state index contributed by atoms with van der Waals surface area (Å²) in [4.78, 5) is 22.9. The summed E-state index contributed by atoms with van der Waals surface area (Å²) in [5, 5.41) is 4.02. The summed E-state index contributed by atoms with van der Waals surface area (Å²) in [5.74, 6) is 0.737. The van der Waals surface area contributed by atoms with Gasteiger partial charge in [-0.2, -0.15) is 8.78 Å². The lowest BCUT2D eigenvalue weighted by Crippen LogP contribution is -2.04. The average Bonchev–Trinajstić information content (AvgIpc) is 2.75. The van der Waals surface area contributed by atoms with Crippen molar-refractivity contribution >= 4 is 22.5 Å². The van der Waals surface area contributed by atoms with E-state index in [4.69, 9.17) is 0 Å². The molecule has 0 saturated heterocycles. The Hall–Kier alpha value is -3.81. The van der Waals surface area contributed by atoms with Gasteiger partial charge in [0.1, 0.15) is 5.75 Å². The van der Waals surface area contributed by atoms with E-state index in [1.165, 1.54) is 18.2 Å². The third kappa shape index (κ3) is 5.22. The van der Waals surface area contributed by atoms with Gasteiger partial charge in [-0.25, -0.2) is 9.97 Å². The molecule has 31 heavy (non-hydrogen) atoms. The number of ether oxygens (including phenoxy) is 1. The maximum absolute atomic E-state index is 12.2. The van der Waals surface area contributed by atoms with Gasteiger partial charge in [-0.3, -0.25) is 4.79 Å². The highest BCUT2D eigenvalue weighted by atomic mass is 19.3. The van der Waals surface area contributed by atoms with E-state index < -0.39 is 6.61 Å². The van der Waals surface area contributed by atoms with Crippen molar-refractivity contribution in [1.29, 1.82) is 0 Å². The minimum Gasteiger partial charge on any atom is -0.435 e. The number of nitrogens with one attached hydrogen (secondary N) is 2. The van der Waals surface area contributed by atoms with Crippen LogP contribution in [0.15, 0.2) is 71.8 Å². The van der Waals surface area contributed by atoms with E-state index in [1.54, 1.807) is 24.5 Å². The van der Waals surface area contributed by atoms with Crippen LogP contribution in [0.1, 0.15) is 24.0 Å². The minimum atomic E-state index is -2.85. The molecule has 1 unspecified atom stereocenters. The van der Waals surface area contributed by atoms with Gasteiger partial charge in [0.2, 0.25) is 11.5 Å². The van der Waals surface area contributed by atoms with Crippen LogP contribution in [-0.4, -0.2) is 21.6 Å². The van der Waals surface area contributed by atoms with Gasteiger partial charge in [-0.1, -0.05) is 13.0 Å². The number of nitrogens with zero attached hydrogens (tertiary/aromatic N) is 2. The molecule has 0 aliphatic heterocycles. The minimum absolute atomic E-state index is 0.0888. The maximum Gasteiger partial charge on any atom is 0.387 e. The lowest BCUT2D eigenvalue weighted by Gasteiger charge is -2.13. The average molecular weight is 422 g/mol. The van der Waals surface area contributed by atoms with E-state index in [-0.39, 0.29) is 17.2 Å². The number of anilines is 2. The molecule has 0 radical (unpaired) electrons. The monoisotopic (exact) mass is 422 g/mol. The molecular formula is C23H20F2N4O2. The van der Waals surface area contributed by atoms with E-state index in [9.17, 15) is 13.6 Å². The van der Waals surface area contributed by atoms with Crippen LogP contribution in [0.2, 0.25) is 0 Å². The number of pyridine rings is 1. The Morgan fingerprint density at radius 1 is 1.03 bits per heavy atom. The second-order valence-electron chi connectivity index (χ2n) is 7.22. The number of fused-ring (bicyclic) bond motifs is 1. The number of aromatic amines is 1. The van der Waals surface area contributed by atoms with Gasteiger partial charge in [-0.15, -0.1) is 0 Å². The first-order valence-corrected chi connectivity index (χ1v) is 9.72. The van der Waals surface area contributed by atoms with Gasteiger partial charge in [0.05, 0.1) is 0 Å². The first-order chi connectivity index (χ1) is 15.0. The quantitative estimate of drug-likeness (QED) is 0.438. The molecule has 0 aliphatic rings. The third-order valence-corrected chi connectivity index (χ3v) is 4.90. The van der Waals surface area contributed by atoms with E-state index >= 15 is 0 Å². The molecule has 158 valence electrons. The van der Waals surface area contributed by atoms with E-state index in [2.05, 4.69) is 38.0 Å². The highest BCUT2D eigenvalue weighted by molar-refractivity contribution is 5.79. The summed E-state index contributed by atoms with van der Waals surface area (Å²) in [6.07, 6.45) is 4.28. The van der Waals surface area contributed by atoms with Crippen molar-refractivity contribution in [3.8, 4) is 5.75 Å². The van der Waals surface area contributed by atoms with Crippen LogP contribution in [0, 0.1) is 0 Å². The van der Waals surface area contributed by atoms with Gasteiger partial charge in [0, 0.05) is 29.7 Å². The van der Waals surface area contributed by atoms with E-state index in [1.807, 2.05) is 18.2 Å². The molecule has 0 aliphatic carbocycles. The van der Waals surface area contributed by atoms with Crippen LogP contribution < -0.4 is 15.6 Å². The van der Waals surface area contributed by atoms with Crippen LogP contribution in [0.3, 0.4) is 0 Å². The van der Waals surface area contributed by atoms with Gasteiger partial charge in [0.15, 0.2) is 0 Å². The summed E-state index contributed by atoms with van der Waals surface area (Å²) < 4.78 is 28.8. The van der Waals surface area contributed by atoms with E-state index in [0.717, 1.165) is 28.5 Å². The Kier molecular flexibility index (Phi) is 5.88. The van der Waals surface area contributed by atoms with Crippen molar-refractivity contribution < 1.29 is 13.5 Å². The summed E-state index contributed by atoms with van der Waals surface area (Å²) >= 11 is 0. The molecule has 0 saturated carbocycles. The molecule has 2 aromatic carbocycles. The van der Waals surface area contributed by atoms with Crippen LogP contribution in [-0.2, 0) is 6.42 Å². The lowest BCUT2D eigenvalue weighted by molar-refractivity contribution is -0.0498. The smallest absolute Gasteiger partial charge is 0.387 e. The maximum atomic E-state index is 12.2. The highest BCUT2D eigenvalue weighted by Gasteiger charge is 2.10. The molecule has 8 heteroatoms. The summed E-state index contributed by atoms with van der Waals surface area (Å²) in [5.41, 5.74) is 3.51. The molecule has 6 nitrogen and oxygen atoms in total. The molecule has 2 aromatic heterocycles. The zero-order valence-electron chi connectivity index (χ0n) is 16.7. The van der Waals surface area contributed by atoms with Crippen molar-refractivity contribution in [1.82, 2.24) is 15.0 Å². The summed E-state index contributed by atoms with van der Waals surface area (Å²) in [6.45, 7) is -0.724. The van der Waals surface area contributed by atoms with Crippen molar-refractivity contribution in [2.75, 3.05) is 5.32 Å². The van der Waals surface area contributed by atoms with Crippen molar-refractivity contribution in [3.63, 3.8) is 0 Å². The highest BCUT2D eigenvalue weighted by Crippen LogP contribution is 2.24. The molecule has 4 rings (SSSR count). The Morgan fingerprint density at radius 2 is 1.77 bits per heavy atom. The molecule has 0 spiro atoms. The topological polar surface area (TPSA) is 79.9 Å². The van der Waals surface area contributed by atoms with Gasteiger partial charge >= 0.3 is 6.61 Å². The van der Waals surface area contributed by atoms with E-state index in [0.29, 0.717) is 11.6 Å². The Morgan fingerprint density at radius 3 is 2.48 bits per heavy atom. The lowest BCUT2D eigenvalue weighted by atomic mass is 9.94. The van der Waals surface area contributed by atoms with Gasteiger partial charge < -0.3 is 15.0 Å². The van der Waals surface area contributed by atoms with Crippen LogP contribution in [0.4, 0.5) is 20.4 Å². The summed E-state index contributed by atoms with van der Waals surface area (Å²) in [6, 6.07) is 15.5. The SMILES string of the molecule is CC(Cc1cnc(Nc2ccc(OC(F)F)cc2)nc1)c1ccc2[nH]c(=O)ccc2c1. The number of aromatic nitrogens is 3. The zero-order valence-corrected chi connectivity index (χ0v) is 16.7. The number of rotatable bonds is 7. The number of alkyl halides is 2. The molecular weight excluding hydrogens is 402 g/mol. The molecule has 2 heterocycles. The van der Waals surface area contributed by atoms with Gasteiger partial charge in [0.25, 0.3) is 0 Å². The second-order valence-corrected chi connectivity index (χ2v) is 7.22. The first kappa shape index (κ1) is 20.5. The fourth-order valence-electron chi connectivity index (χ4n) is 3.32. The Balaban J connectivity index is 1.40. The summed E-state index contributed by atoms with van der Waals surface area (Å²) in [7, 11) is 0. The van der Waals surface area contributed by atoms with Crippen LogP contribution in [0.25, 0.3) is 10.9 Å². The van der Waals surface area contributed by atoms with Crippen LogP contribution in [0.5, 0.6) is 5.75 Å². The predicted molar refractivity (Wildman–Crippen MR) is 115 cm³/mol. The molecule has 0 bridgehead atoms. The number of halogens is 2. The van der Waals surface area contributed by atoms with Crippen LogP contribution >= 0.6 is 0 Å². The third-order valence-electron chi connectivity index (χ3n) is 4.90. The zero-order chi connectivity index (χ0) is 21.8. The Labute approximate surface area is 177 Å². The molecule has 4 aromatic rings. The van der Waals surface area contributed by atoms with Crippen molar-refractivity contribution in [3.05, 3.63) is 88.5 Å². The molecule has 0 amide bonds. The number of H-pyrrole nitrogens is 1. The standard InChI is InChI=1S/C23H20F2N4O2/c1-14(16-2-8-20-17(11-16)3-9-21(30)29-20)10-15-12-26-23(27-13-15)28-18-4-6-19(7-5-18)31-22(24)25/h2-9,11-14,22H,10H2,1H3,(H,29,30)(H,26,27,28). The fraction of sp³-hybridized carbons (Fsp3) is 0.174. The molecule has 2 N–H and O–H groups in total. The number of hydrogen-bond donors (Lipinski definition) is 2. The fourth-order valence-corrected chi connectivity index (χ4v) is 3.32. The Bertz CT molecular complexity index is 1230. The molecule has 0 fully saturated rings. The van der Waals surface area contributed by atoms with Crippen molar-refractivity contribution in [2.45, 2.75) is 25.9 Å². The number of benzene rings is 2. The predicted octanol–water partition coefficient (Wildman–Crippen LogP) is 5.01.